The second-order valence-electron chi connectivity index (χ2n) is 9.36. The third kappa shape index (κ3) is 4.69. The molecule has 0 amide bonds. The number of rotatable bonds is 6. The number of nitrogens with zero attached hydrogens (tertiary/aromatic N) is 1. The molecular formula is C32H33NO2. The zero-order valence-corrected chi connectivity index (χ0v) is 21.0. The fourth-order valence-corrected chi connectivity index (χ4v) is 4.92. The van der Waals surface area contributed by atoms with Gasteiger partial charge in [-0.1, -0.05) is 55.5 Å². The van der Waals surface area contributed by atoms with E-state index in [0.29, 0.717) is 6.04 Å². The smallest absolute Gasteiger partial charge is 0.118 e. The molecule has 0 saturated heterocycles. The summed E-state index contributed by atoms with van der Waals surface area (Å²) in [5, 5.41) is 0. The van der Waals surface area contributed by atoms with Gasteiger partial charge >= 0.3 is 0 Å². The average molecular weight is 464 g/mol. The molecule has 4 aromatic carbocycles. The monoisotopic (exact) mass is 463 g/mol. The molecule has 4 aromatic rings. The van der Waals surface area contributed by atoms with Crippen LogP contribution in [0.4, 0.5) is 0 Å². The van der Waals surface area contributed by atoms with Crippen LogP contribution in [-0.4, -0.2) is 25.2 Å². The SMILES string of the molecule is CCC(C)N1Cc2ccc(-c3ccc(OC)cc3)cc2-c2cc(-c3ccc(OC)cc3)ccc2C1. The fourth-order valence-electron chi connectivity index (χ4n) is 4.92. The number of fused-ring (bicyclic) bond motifs is 3. The lowest BCUT2D eigenvalue weighted by Gasteiger charge is -2.27. The second kappa shape index (κ2) is 9.97. The Kier molecular flexibility index (Phi) is 6.61. The van der Waals surface area contributed by atoms with E-state index >= 15 is 0 Å². The van der Waals surface area contributed by atoms with E-state index in [1.54, 1.807) is 14.2 Å². The molecule has 0 spiro atoms. The maximum atomic E-state index is 5.36. The Morgan fingerprint density at radius 1 is 0.629 bits per heavy atom. The van der Waals surface area contributed by atoms with E-state index in [0.717, 1.165) is 31.0 Å². The molecule has 35 heavy (non-hydrogen) atoms. The van der Waals surface area contributed by atoms with E-state index in [2.05, 4.69) is 79.4 Å². The molecule has 1 aliphatic rings. The van der Waals surface area contributed by atoms with Gasteiger partial charge in [0.1, 0.15) is 11.5 Å². The van der Waals surface area contributed by atoms with Crippen LogP contribution in [0, 0.1) is 0 Å². The lowest BCUT2D eigenvalue weighted by molar-refractivity contribution is 0.188. The zero-order chi connectivity index (χ0) is 24.4. The van der Waals surface area contributed by atoms with Gasteiger partial charge < -0.3 is 9.47 Å². The quantitative estimate of drug-likeness (QED) is 0.291. The zero-order valence-electron chi connectivity index (χ0n) is 21.0. The first-order chi connectivity index (χ1) is 17.1. The second-order valence-corrected chi connectivity index (χ2v) is 9.36. The van der Waals surface area contributed by atoms with Gasteiger partial charge in [0.2, 0.25) is 0 Å². The van der Waals surface area contributed by atoms with E-state index in [-0.39, 0.29) is 0 Å². The Bertz CT molecular complexity index is 1210. The predicted octanol–water partition coefficient (Wildman–Crippen LogP) is 7.82. The first-order valence-electron chi connectivity index (χ1n) is 12.4. The lowest BCUT2D eigenvalue weighted by atomic mass is 9.90. The summed E-state index contributed by atoms with van der Waals surface area (Å²) in [4.78, 5) is 2.60. The molecule has 0 bridgehead atoms. The number of methoxy groups -OCH3 is 2. The van der Waals surface area contributed by atoms with Gasteiger partial charge in [-0.15, -0.1) is 0 Å². The molecule has 0 aliphatic carbocycles. The summed E-state index contributed by atoms with van der Waals surface area (Å²) in [6.07, 6.45) is 1.14. The van der Waals surface area contributed by atoms with Crippen molar-refractivity contribution in [3.8, 4) is 44.9 Å². The summed E-state index contributed by atoms with van der Waals surface area (Å²) in [5.74, 6) is 1.75. The molecule has 3 nitrogen and oxygen atoms in total. The Balaban J connectivity index is 1.63. The summed E-state index contributed by atoms with van der Waals surface area (Å²) in [5.41, 5.74) is 10.3. The Hall–Kier alpha value is -3.56. The maximum absolute atomic E-state index is 5.36. The molecule has 5 rings (SSSR count). The molecule has 0 saturated carbocycles. The molecule has 178 valence electrons. The van der Waals surface area contributed by atoms with Crippen molar-refractivity contribution in [1.29, 1.82) is 0 Å². The van der Waals surface area contributed by atoms with E-state index in [4.69, 9.17) is 9.47 Å². The van der Waals surface area contributed by atoms with Gasteiger partial charge in [-0.25, -0.2) is 0 Å². The topological polar surface area (TPSA) is 21.7 Å². The van der Waals surface area contributed by atoms with Crippen LogP contribution < -0.4 is 9.47 Å². The maximum Gasteiger partial charge on any atom is 0.118 e. The summed E-state index contributed by atoms with van der Waals surface area (Å²) in [6, 6.07) is 31.1. The molecule has 1 aliphatic heterocycles. The molecule has 0 aromatic heterocycles. The third-order valence-electron chi connectivity index (χ3n) is 7.32. The first-order valence-corrected chi connectivity index (χ1v) is 12.4. The van der Waals surface area contributed by atoms with Crippen LogP contribution in [0.25, 0.3) is 33.4 Å². The number of hydrogen-bond acceptors (Lipinski definition) is 3. The van der Waals surface area contributed by atoms with Gasteiger partial charge in [0, 0.05) is 19.1 Å². The van der Waals surface area contributed by atoms with Gasteiger partial charge in [-0.3, -0.25) is 4.90 Å². The predicted molar refractivity (Wildman–Crippen MR) is 145 cm³/mol. The average Bonchev–Trinajstić information content (AvgIpc) is 3.08. The van der Waals surface area contributed by atoms with Gasteiger partial charge in [0.05, 0.1) is 14.2 Å². The molecule has 1 atom stereocenters. The number of benzene rings is 4. The fraction of sp³-hybridized carbons (Fsp3) is 0.250. The minimum Gasteiger partial charge on any atom is -0.497 e. The summed E-state index contributed by atoms with van der Waals surface area (Å²) >= 11 is 0. The highest BCUT2D eigenvalue weighted by Crippen LogP contribution is 2.39. The van der Waals surface area contributed by atoms with Crippen LogP contribution in [0.1, 0.15) is 31.4 Å². The molecule has 1 unspecified atom stereocenters. The lowest BCUT2D eigenvalue weighted by Crippen LogP contribution is -2.30. The van der Waals surface area contributed by atoms with Crippen LogP contribution >= 0.6 is 0 Å². The standard InChI is InChI=1S/C32H33NO2/c1-5-22(2)33-20-27-8-6-25(23-10-14-29(34-3)15-11-23)18-31(27)32-19-26(7-9-28(32)21-33)24-12-16-30(35-4)17-13-24/h6-19,22H,5,20-21H2,1-4H3. The normalized spacial score (nSPS) is 13.9. The largest absolute Gasteiger partial charge is 0.497 e. The molecule has 0 N–H and O–H groups in total. The van der Waals surface area contributed by atoms with Crippen molar-refractivity contribution < 1.29 is 9.47 Å². The van der Waals surface area contributed by atoms with Crippen LogP contribution in [0.15, 0.2) is 84.9 Å². The molecule has 0 radical (unpaired) electrons. The Morgan fingerprint density at radius 2 is 1.03 bits per heavy atom. The first kappa shape index (κ1) is 23.2. The van der Waals surface area contributed by atoms with Crippen molar-refractivity contribution >= 4 is 0 Å². The summed E-state index contributed by atoms with van der Waals surface area (Å²) in [7, 11) is 3.41. The van der Waals surface area contributed by atoms with E-state index in [9.17, 15) is 0 Å². The van der Waals surface area contributed by atoms with Crippen LogP contribution in [0.5, 0.6) is 11.5 Å². The minimum absolute atomic E-state index is 0.524. The number of hydrogen-bond donors (Lipinski definition) is 0. The van der Waals surface area contributed by atoms with E-state index in [1.807, 2.05) is 24.3 Å². The van der Waals surface area contributed by atoms with Crippen molar-refractivity contribution in [1.82, 2.24) is 4.90 Å². The summed E-state index contributed by atoms with van der Waals surface area (Å²) in [6.45, 7) is 6.53. The van der Waals surface area contributed by atoms with Gasteiger partial charge in [0.15, 0.2) is 0 Å². The highest BCUT2D eigenvalue weighted by atomic mass is 16.5. The van der Waals surface area contributed by atoms with Crippen molar-refractivity contribution in [3.05, 3.63) is 96.1 Å². The molecule has 1 heterocycles. The van der Waals surface area contributed by atoms with Gasteiger partial charge in [-0.2, -0.15) is 0 Å². The minimum atomic E-state index is 0.524. The van der Waals surface area contributed by atoms with Crippen molar-refractivity contribution in [2.75, 3.05) is 14.2 Å². The highest BCUT2D eigenvalue weighted by Gasteiger charge is 2.23. The van der Waals surface area contributed by atoms with Crippen LogP contribution in [0.2, 0.25) is 0 Å². The van der Waals surface area contributed by atoms with Crippen LogP contribution in [-0.2, 0) is 13.1 Å². The number of ether oxygens (including phenoxy) is 2. The molecular weight excluding hydrogens is 430 g/mol. The summed E-state index contributed by atoms with van der Waals surface area (Å²) < 4.78 is 10.7. The van der Waals surface area contributed by atoms with Crippen molar-refractivity contribution in [2.45, 2.75) is 39.4 Å². The van der Waals surface area contributed by atoms with E-state index < -0.39 is 0 Å². The third-order valence-corrected chi connectivity index (χ3v) is 7.32. The van der Waals surface area contributed by atoms with Crippen LogP contribution in [0.3, 0.4) is 0 Å². The van der Waals surface area contributed by atoms with Gasteiger partial charge in [0.25, 0.3) is 0 Å². The van der Waals surface area contributed by atoms with Crippen molar-refractivity contribution in [2.24, 2.45) is 0 Å². The Morgan fingerprint density at radius 3 is 1.40 bits per heavy atom. The van der Waals surface area contributed by atoms with Crippen molar-refractivity contribution in [3.63, 3.8) is 0 Å². The highest BCUT2D eigenvalue weighted by molar-refractivity contribution is 5.81. The molecule has 0 fully saturated rings. The molecule has 3 heteroatoms. The van der Waals surface area contributed by atoms with E-state index in [1.165, 1.54) is 44.5 Å². The van der Waals surface area contributed by atoms with Gasteiger partial charge in [-0.05, 0) is 94.3 Å². The Labute approximate surface area is 209 Å².